The van der Waals surface area contributed by atoms with Gasteiger partial charge in [-0.25, -0.2) is 0 Å². The Morgan fingerprint density at radius 3 is 2.58 bits per heavy atom. The van der Waals surface area contributed by atoms with Crippen LogP contribution < -0.4 is 4.90 Å². The number of halogens is 1. The van der Waals surface area contributed by atoms with Crippen LogP contribution in [0.4, 0.5) is 5.69 Å². The van der Waals surface area contributed by atoms with Crippen LogP contribution in [0.2, 0.25) is 5.02 Å². The predicted octanol–water partition coefficient (Wildman–Crippen LogP) is 4.24. The lowest BCUT2D eigenvalue weighted by Crippen LogP contribution is -2.37. The summed E-state index contributed by atoms with van der Waals surface area (Å²) in [5.41, 5.74) is 2.10. The molecule has 2 rings (SSSR count). The van der Waals surface area contributed by atoms with E-state index < -0.39 is 0 Å². The second-order valence-electron chi connectivity index (χ2n) is 5.92. The van der Waals surface area contributed by atoms with Gasteiger partial charge in [-0.2, -0.15) is 0 Å². The van der Waals surface area contributed by atoms with E-state index in [1.807, 2.05) is 18.2 Å². The van der Waals surface area contributed by atoms with Crippen LogP contribution >= 0.6 is 11.6 Å². The average molecular weight is 282 g/mol. The second kappa shape index (κ2) is 6.62. The summed E-state index contributed by atoms with van der Waals surface area (Å²) in [5, 5.41) is 10.3. The van der Waals surface area contributed by atoms with Gasteiger partial charge in [0.1, 0.15) is 0 Å². The summed E-state index contributed by atoms with van der Waals surface area (Å²) in [4.78, 5) is 2.47. The van der Waals surface area contributed by atoms with Crippen LogP contribution in [0, 0.1) is 5.92 Å². The summed E-state index contributed by atoms with van der Waals surface area (Å²) in [5.74, 6) is 0.603. The maximum atomic E-state index is 9.57. The maximum absolute atomic E-state index is 9.57. The first-order chi connectivity index (χ1) is 9.11. The van der Waals surface area contributed by atoms with Crippen LogP contribution in [0.15, 0.2) is 18.2 Å². The van der Waals surface area contributed by atoms with Crippen LogP contribution in [0.25, 0.3) is 0 Å². The highest BCUT2D eigenvalue weighted by molar-refractivity contribution is 6.30. The Bertz CT molecular complexity index is 413. The first-order valence-electron chi connectivity index (χ1n) is 7.27. The molecule has 1 fully saturated rings. The van der Waals surface area contributed by atoms with Gasteiger partial charge in [-0.15, -0.1) is 0 Å². The Kier molecular flexibility index (Phi) is 5.12. The standard InChI is InChI=1S/C16H24ClNO/c1-12(2)10-18(15-5-3-4-6-15)16-9-14(17)8-7-13(16)11-19/h7-9,12,15,19H,3-6,10-11H2,1-2H3. The predicted molar refractivity (Wildman–Crippen MR) is 81.8 cm³/mol. The summed E-state index contributed by atoms with van der Waals surface area (Å²) in [6.45, 7) is 5.59. The molecule has 1 saturated carbocycles. The van der Waals surface area contributed by atoms with Crippen molar-refractivity contribution in [1.82, 2.24) is 0 Å². The molecular weight excluding hydrogens is 258 g/mol. The minimum atomic E-state index is 0.0772. The third-order valence-corrected chi connectivity index (χ3v) is 4.09. The van der Waals surface area contributed by atoms with Gasteiger partial charge >= 0.3 is 0 Å². The zero-order valence-electron chi connectivity index (χ0n) is 11.9. The monoisotopic (exact) mass is 281 g/mol. The topological polar surface area (TPSA) is 23.5 Å². The van der Waals surface area contributed by atoms with E-state index in [0.29, 0.717) is 12.0 Å². The van der Waals surface area contributed by atoms with Gasteiger partial charge in [0.15, 0.2) is 0 Å². The van der Waals surface area contributed by atoms with Gasteiger partial charge in [-0.05, 0) is 30.9 Å². The molecule has 1 aromatic rings. The third kappa shape index (κ3) is 3.64. The first-order valence-corrected chi connectivity index (χ1v) is 7.65. The van der Waals surface area contributed by atoms with E-state index in [-0.39, 0.29) is 6.61 Å². The van der Waals surface area contributed by atoms with Gasteiger partial charge in [0.05, 0.1) is 6.61 Å². The quantitative estimate of drug-likeness (QED) is 0.873. The van der Waals surface area contributed by atoms with Crippen molar-refractivity contribution < 1.29 is 5.11 Å². The fourth-order valence-electron chi connectivity index (χ4n) is 2.99. The van der Waals surface area contributed by atoms with Gasteiger partial charge in [0, 0.05) is 28.9 Å². The SMILES string of the molecule is CC(C)CN(c1cc(Cl)ccc1CO)C1CCCC1. The van der Waals surface area contributed by atoms with Gasteiger partial charge in [-0.1, -0.05) is 44.4 Å². The minimum Gasteiger partial charge on any atom is -0.392 e. The Hall–Kier alpha value is -0.730. The summed E-state index contributed by atoms with van der Waals surface area (Å²) in [6, 6.07) is 6.42. The zero-order chi connectivity index (χ0) is 13.8. The Morgan fingerprint density at radius 2 is 2.00 bits per heavy atom. The number of aliphatic hydroxyl groups is 1. The highest BCUT2D eigenvalue weighted by Gasteiger charge is 2.25. The van der Waals surface area contributed by atoms with Crippen LogP contribution in [-0.2, 0) is 6.61 Å². The van der Waals surface area contributed by atoms with E-state index in [1.165, 1.54) is 25.7 Å². The number of nitrogens with zero attached hydrogens (tertiary/aromatic N) is 1. The summed E-state index contributed by atoms with van der Waals surface area (Å²) < 4.78 is 0. The molecule has 0 saturated heterocycles. The lowest BCUT2D eigenvalue weighted by molar-refractivity contribution is 0.281. The van der Waals surface area contributed by atoms with E-state index in [1.54, 1.807) is 0 Å². The lowest BCUT2D eigenvalue weighted by atomic mass is 10.1. The Labute approximate surface area is 121 Å². The number of rotatable bonds is 5. The van der Waals surface area contributed by atoms with Crippen molar-refractivity contribution in [2.24, 2.45) is 5.92 Å². The van der Waals surface area contributed by atoms with Crippen molar-refractivity contribution in [3.8, 4) is 0 Å². The molecule has 1 aromatic carbocycles. The number of benzene rings is 1. The molecule has 0 atom stereocenters. The molecule has 0 aromatic heterocycles. The van der Waals surface area contributed by atoms with Crippen molar-refractivity contribution in [2.45, 2.75) is 52.2 Å². The van der Waals surface area contributed by atoms with Gasteiger partial charge in [0.2, 0.25) is 0 Å². The largest absolute Gasteiger partial charge is 0.392 e. The molecule has 0 heterocycles. The molecule has 3 heteroatoms. The molecule has 1 aliphatic carbocycles. The first kappa shape index (κ1) is 14.7. The van der Waals surface area contributed by atoms with E-state index in [0.717, 1.165) is 22.8 Å². The molecule has 0 amide bonds. The highest BCUT2D eigenvalue weighted by atomic mass is 35.5. The zero-order valence-corrected chi connectivity index (χ0v) is 12.7. The molecule has 106 valence electrons. The number of anilines is 1. The van der Waals surface area contributed by atoms with Gasteiger partial charge in [0.25, 0.3) is 0 Å². The van der Waals surface area contributed by atoms with Crippen LogP contribution in [0.3, 0.4) is 0 Å². The fraction of sp³-hybridized carbons (Fsp3) is 0.625. The Morgan fingerprint density at radius 1 is 1.32 bits per heavy atom. The van der Waals surface area contributed by atoms with Gasteiger partial charge < -0.3 is 10.0 Å². The molecule has 0 radical (unpaired) electrons. The maximum Gasteiger partial charge on any atom is 0.0702 e. The summed E-state index contributed by atoms with van der Waals surface area (Å²) >= 11 is 6.15. The molecule has 1 N–H and O–H groups in total. The molecular formula is C16H24ClNO. The lowest BCUT2D eigenvalue weighted by Gasteiger charge is -2.34. The van der Waals surface area contributed by atoms with Crippen molar-refractivity contribution in [1.29, 1.82) is 0 Å². The van der Waals surface area contributed by atoms with Crippen LogP contribution in [-0.4, -0.2) is 17.7 Å². The Balaban J connectivity index is 2.32. The smallest absolute Gasteiger partial charge is 0.0702 e. The van der Waals surface area contributed by atoms with Crippen LogP contribution in [0.5, 0.6) is 0 Å². The van der Waals surface area contributed by atoms with Crippen molar-refractivity contribution in [2.75, 3.05) is 11.4 Å². The highest BCUT2D eigenvalue weighted by Crippen LogP contribution is 2.33. The fourth-order valence-corrected chi connectivity index (χ4v) is 3.16. The second-order valence-corrected chi connectivity index (χ2v) is 6.35. The molecule has 0 spiro atoms. The molecule has 19 heavy (non-hydrogen) atoms. The summed E-state index contributed by atoms with van der Waals surface area (Å²) in [7, 11) is 0. The van der Waals surface area contributed by atoms with Gasteiger partial charge in [-0.3, -0.25) is 0 Å². The van der Waals surface area contributed by atoms with Crippen molar-refractivity contribution >= 4 is 17.3 Å². The summed E-state index contributed by atoms with van der Waals surface area (Å²) in [6.07, 6.45) is 5.14. The molecule has 2 nitrogen and oxygen atoms in total. The number of hydrogen-bond acceptors (Lipinski definition) is 2. The molecule has 0 unspecified atom stereocenters. The van der Waals surface area contributed by atoms with E-state index in [4.69, 9.17) is 11.6 Å². The van der Waals surface area contributed by atoms with Crippen molar-refractivity contribution in [3.05, 3.63) is 28.8 Å². The third-order valence-electron chi connectivity index (χ3n) is 3.85. The number of hydrogen-bond donors (Lipinski definition) is 1. The van der Waals surface area contributed by atoms with E-state index in [2.05, 4.69) is 18.7 Å². The number of aliphatic hydroxyl groups excluding tert-OH is 1. The van der Waals surface area contributed by atoms with E-state index >= 15 is 0 Å². The molecule has 1 aliphatic rings. The van der Waals surface area contributed by atoms with Crippen LogP contribution in [0.1, 0.15) is 45.1 Å². The minimum absolute atomic E-state index is 0.0772. The molecule has 0 bridgehead atoms. The van der Waals surface area contributed by atoms with E-state index in [9.17, 15) is 5.11 Å². The molecule has 0 aliphatic heterocycles. The van der Waals surface area contributed by atoms with Crippen molar-refractivity contribution in [3.63, 3.8) is 0 Å². The average Bonchev–Trinajstić information content (AvgIpc) is 2.89. The normalized spacial score (nSPS) is 16.3.